The number of hydrogen-bond donors (Lipinski definition) is 1. The standard InChI is InChI=1S/C32H33N5O4/c1-5-9-27-26(31(38)37(28(6-2)34-27)23-16-17-29(33-19-23)40-20(3)4)18-21-12-14-22(15-13-21)24-10-7-8-11-25(24)30-35-32(39)41-36-30/h7-8,10-17,19-20H,5-6,9,18H2,1-4H3,(H,35,36,39). The molecule has 9 heteroatoms. The van der Waals surface area contributed by atoms with Crippen LogP contribution in [0.5, 0.6) is 5.88 Å². The number of aryl methyl sites for hydroxylation is 2. The maximum atomic E-state index is 14.0. The van der Waals surface area contributed by atoms with Gasteiger partial charge in [-0.2, -0.15) is 0 Å². The van der Waals surface area contributed by atoms with Gasteiger partial charge in [-0.25, -0.2) is 14.8 Å². The molecular formula is C32H33N5O4. The van der Waals surface area contributed by atoms with Gasteiger partial charge < -0.3 is 4.74 Å². The number of nitrogens with zero attached hydrogens (tertiary/aromatic N) is 4. The minimum absolute atomic E-state index is 0.00934. The summed E-state index contributed by atoms with van der Waals surface area (Å²) in [5.74, 6) is 0.999. The predicted molar refractivity (Wildman–Crippen MR) is 158 cm³/mol. The first kappa shape index (κ1) is 27.8. The number of H-pyrrole nitrogens is 1. The lowest BCUT2D eigenvalue weighted by molar-refractivity contribution is 0.232. The van der Waals surface area contributed by atoms with Crippen molar-refractivity contribution in [2.45, 2.75) is 59.5 Å². The highest BCUT2D eigenvalue weighted by Crippen LogP contribution is 2.30. The van der Waals surface area contributed by atoms with Crippen molar-refractivity contribution in [2.24, 2.45) is 0 Å². The summed E-state index contributed by atoms with van der Waals surface area (Å²) in [5.41, 5.74) is 5.71. The summed E-state index contributed by atoms with van der Waals surface area (Å²) >= 11 is 0. The van der Waals surface area contributed by atoms with Crippen LogP contribution in [0.4, 0.5) is 0 Å². The van der Waals surface area contributed by atoms with Gasteiger partial charge in [0.05, 0.1) is 23.7 Å². The lowest BCUT2D eigenvalue weighted by atomic mass is 9.96. The van der Waals surface area contributed by atoms with E-state index in [1.807, 2.05) is 75.4 Å². The Morgan fingerprint density at radius 3 is 2.34 bits per heavy atom. The lowest BCUT2D eigenvalue weighted by Crippen LogP contribution is -2.29. The summed E-state index contributed by atoms with van der Waals surface area (Å²) in [6, 6.07) is 19.4. The zero-order valence-corrected chi connectivity index (χ0v) is 23.7. The number of rotatable bonds is 10. The number of aromatic amines is 1. The van der Waals surface area contributed by atoms with Crippen LogP contribution < -0.4 is 16.1 Å². The molecule has 5 aromatic rings. The van der Waals surface area contributed by atoms with Crippen LogP contribution in [-0.4, -0.2) is 30.8 Å². The minimum Gasteiger partial charge on any atom is -0.475 e. The number of benzene rings is 2. The van der Waals surface area contributed by atoms with Crippen molar-refractivity contribution in [3.05, 3.63) is 110 Å². The van der Waals surface area contributed by atoms with Gasteiger partial charge in [0.2, 0.25) is 5.88 Å². The monoisotopic (exact) mass is 551 g/mol. The molecule has 0 saturated heterocycles. The highest BCUT2D eigenvalue weighted by atomic mass is 16.5. The molecule has 9 nitrogen and oxygen atoms in total. The van der Waals surface area contributed by atoms with Crippen molar-refractivity contribution >= 4 is 0 Å². The smallest absolute Gasteiger partial charge is 0.439 e. The molecule has 1 N–H and O–H groups in total. The third-order valence-corrected chi connectivity index (χ3v) is 6.74. The van der Waals surface area contributed by atoms with Crippen LogP contribution >= 0.6 is 0 Å². The Balaban J connectivity index is 1.51. The van der Waals surface area contributed by atoms with Gasteiger partial charge in [0, 0.05) is 30.0 Å². The molecule has 0 atom stereocenters. The molecule has 2 aromatic carbocycles. The molecule has 0 saturated carbocycles. The van der Waals surface area contributed by atoms with E-state index in [4.69, 9.17) is 14.2 Å². The molecule has 0 radical (unpaired) electrons. The van der Waals surface area contributed by atoms with E-state index < -0.39 is 5.76 Å². The molecule has 3 heterocycles. The zero-order valence-electron chi connectivity index (χ0n) is 23.7. The van der Waals surface area contributed by atoms with Crippen molar-refractivity contribution in [3.8, 4) is 34.1 Å². The Bertz CT molecular complexity index is 1750. The average Bonchev–Trinajstić information content (AvgIpc) is 3.41. The fourth-order valence-corrected chi connectivity index (χ4v) is 4.88. The first-order chi connectivity index (χ1) is 19.9. The van der Waals surface area contributed by atoms with E-state index >= 15 is 0 Å². The number of nitrogens with one attached hydrogen (secondary N) is 1. The fourth-order valence-electron chi connectivity index (χ4n) is 4.88. The van der Waals surface area contributed by atoms with E-state index in [0.29, 0.717) is 41.6 Å². The van der Waals surface area contributed by atoms with E-state index in [1.165, 1.54) is 0 Å². The largest absolute Gasteiger partial charge is 0.475 e. The Hall–Kier alpha value is -4.79. The zero-order chi connectivity index (χ0) is 28.9. The summed E-state index contributed by atoms with van der Waals surface area (Å²) in [7, 11) is 0. The second kappa shape index (κ2) is 12.2. The second-order valence-electron chi connectivity index (χ2n) is 10.1. The van der Waals surface area contributed by atoms with Crippen molar-refractivity contribution in [2.75, 3.05) is 0 Å². The van der Waals surface area contributed by atoms with Crippen molar-refractivity contribution in [1.82, 2.24) is 24.7 Å². The molecule has 0 unspecified atom stereocenters. The predicted octanol–water partition coefficient (Wildman–Crippen LogP) is 5.53. The van der Waals surface area contributed by atoms with Crippen LogP contribution in [0, 0.1) is 0 Å². The van der Waals surface area contributed by atoms with E-state index in [2.05, 4.69) is 22.0 Å². The molecular weight excluding hydrogens is 518 g/mol. The fraction of sp³-hybridized carbons (Fsp3) is 0.281. The van der Waals surface area contributed by atoms with Gasteiger partial charge in [0.15, 0.2) is 5.82 Å². The van der Waals surface area contributed by atoms with Crippen LogP contribution in [0.2, 0.25) is 0 Å². The van der Waals surface area contributed by atoms with Crippen LogP contribution in [0.3, 0.4) is 0 Å². The summed E-state index contributed by atoms with van der Waals surface area (Å²) in [5, 5.41) is 3.85. The van der Waals surface area contributed by atoms with E-state index in [0.717, 1.165) is 40.8 Å². The normalized spacial score (nSPS) is 11.2. The molecule has 0 amide bonds. The first-order valence-corrected chi connectivity index (χ1v) is 13.9. The maximum absolute atomic E-state index is 14.0. The van der Waals surface area contributed by atoms with Crippen molar-refractivity contribution in [1.29, 1.82) is 0 Å². The molecule has 0 aliphatic rings. The molecule has 0 spiro atoms. The van der Waals surface area contributed by atoms with Gasteiger partial charge >= 0.3 is 5.76 Å². The second-order valence-corrected chi connectivity index (χ2v) is 10.1. The molecule has 3 aromatic heterocycles. The van der Waals surface area contributed by atoms with E-state index in [9.17, 15) is 9.59 Å². The minimum atomic E-state index is -0.600. The van der Waals surface area contributed by atoms with Gasteiger partial charge in [0.1, 0.15) is 5.82 Å². The van der Waals surface area contributed by atoms with Gasteiger partial charge in [-0.05, 0) is 43.0 Å². The topological polar surface area (TPSA) is 116 Å². The van der Waals surface area contributed by atoms with Crippen molar-refractivity contribution in [3.63, 3.8) is 0 Å². The van der Waals surface area contributed by atoms with E-state index in [1.54, 1.807) is 16.8 Å². The highest BCUT2D eigenvalue weighted by molar-refractivity contribution is 5.80. The van der Waals surface area contributed by atoms with Gasteiger partial charge in [-0.1, -0.05) is 74.0 Å². The maximum Gasteiger partial charge on any atom is 0.439 e. The van der Waals surface area contributed by atoms with Crippen LogP contribution in [0.25, 0.3) is 28.2 Å². The summed E-state index contributed by atoms with van der Waals surface area (Å²) in [4.78, 5) is 37.5. The van der Waals surface area contributed by atoms with Crippen LogP contribution in [0.1, 0.15) is 56.8 Å². The summed E-state index contributed by atoms with van der Waals surface area (Å²) < 4.78 is 12.1. The first-order valence-electron chi connectivity index (χ1n) is 13.9. The van der Waals surface area contributed by atoms with Gasteiger partial charge in [-0.3, -0.25) is 18.9 Å². The van der Waals surface area contributed by atoms with E-state index in [-0.39, 0.29) is 11.7 Å². The number of ether oxygens (including phenoxy) is 1. The van der Waals surface area contributed by atoms with Crippen molar-refractivity contribution < 1.29 is 9.26 Å². The Morgan fingerprint density at radius 1 is 0.976 bits per heavy atom. The molecule has 210 valence electrons. The lowest BCUT2D eigenvalue weighted by Gasteiger charge is -2.17. The molecule has 0 aliphatic carbocycles. The molecule has 0 aliphatic heterocycles. The third kappa shape index (κ3) is 6.04. The van der Waals surface area contributed by atoms with Crippen LogP contribution in [-0.2, 0) is 19.3 Å². The van der Waals surface area contributed by atoms with Gasteiger partial charge in [0.25, 0.3) is 5.56 Å². The molecule has 41 heavy (non-hydrogen) atoms. The Labute approximate surface area is 237 Å². The Kier molecular flexibility index (Phi) is 8.24. The molecule has 0 fully saturated rings. The molecule has 0 bridgehead atoms. The Morgan fingerprint density at radius 2 is 1.73 bits per heavy atom. The van der Waals surface area contributed by atoms with Gasteiger partial charge in [-0.15, -0.1) is 0 Å². The summed E-state index contributed by atoms with van der Waals surface area (Å²) in [6.07, 6.45) is 4.34. The average molecular weight is 552 g/mol. The number of pyridine rings is 1. The SMILES string of the molecule is CCCc1nc(CC)n(-c2ccc(OC(C)C)nc2)c(=O)c1Cc1ccc(-c2ccccc2-c2noc(=O)[nH]2)cc1. The quantitative estimate of drug-likeness (QED) is 0.243. The number of hydrogen-bond acceptors (Lipinski definition) is 7. The molecule has 5 rings (SSSR count). The number of aromatic nitrogens is 5. The third-order valence-electron chi connectivity index (χ3n) is 6.74. The summed E-state index contributed by atoms with van der Waals surface area (Å²) in [6.45, 7) is 7.99. The highest BCUT2D eigenvalue weighted by Gasteiger charge is 2.18. The van der Waals surface area contributed by atoms with Crippen LogP contribution in [0.15, 0.2) is 81.0 Å².